The number of carbonyl (C=O) groups is 1. The monoisotopic (exact) mass is 234 g/mol. The van der Waals surface area contributed by atoms with E-state index in [1.807, 2.05) is 0 Å². The van der Waals surface area contributed by atoms with Crippen LogP contribution in [0.5, 0.6) is 0 Å². The number of hydrogen-bond acceptors (Lipinski definition) is 3. The van der Waals surface area contributed by atoms with Crippen LogP contribution in [0, 0.1) is 23.7 Å². The van der Waals surface area contributed by atoms with Crippen LogP contribution < -0.4 is 0 Å². The van der Waals surface area contributed by atoms with E-state index in [1.165, 1.54) is 0 Å². The molecule has 88 valence electrons. The number of ether oxygens (including phenoxy) is 1. The van der Waals surface area contributed by atoms with Gasteiger partial charge in [-0.15, -0.1) is 0 Å². The number of carbonyl (C=O) groups excluding carboxylic acids is 1. The number of halogens is 3. The first-order valence-electron chi connectivity index (χ1n) is 5.05. The molecule has 1 heterocycles. The minimum atomic E-state index is -4.93. The van der Waals surface area contributed by atoms with Crippen molar-refractivity contribution < 1.29 is 27.8 Å². The molecule has 3 nitrogen and oxygen atoms in total. The summed E-state index contributed by atoms with van der Waals surface area (Å²) in [6.07, 6.45) is -1.04. The topological polar surface area (TPSA) is 46.5 Å². The van der Waals surface area contributed by atoms with Crippen molar-refractivity contribution in [2.45, 2.75) is 18.4 Å². The highest BCUT2D eigenvalue weighted by Crippen LogP contribution is 2.60. The smallest absolute Gasteiger partial charge is 0.423 e. The minimum Gasteiger partial charge on any atom is -0.423 e. The lowest BCUT2D eigenvalue weighted by Crippen LogP contribution is -2.51. The van der Waals surface area contributed by atoms with Crippen LogP contribution in [0.3, 0.4) is 0 Å². The molecule has 3 aliphatic rings. The van der Waals surface area contributed by atoms with Crippen LogP contribution in [0.25, 0.3) is 0 Å². The van der Waals surface area contributed by atoms with E-state index in [1.54, 1.807) is 12.2 Å². The lowest BCUT2D eigenvalue weighted by Gasteiger charge is -2.31. The third-order valence-electron chi connectivity index (χ3n) is 3.85. The van der Waals surface area contributed by atoms with Gasteiger partial charge in [0.25, 0.3) is 0 Å². The molecule has 1 N–H and O–H groups in total. The summed E-state index contributed by atoms with van der Waals surface area (Å²) in [6, 6.07) is 0. The normalized spacial score (nSPS) is 49.6. The van der Waals surface area contributed by atoms with Crippen molar-refractivity contribution in [3.05, 3.63) is 12.2 Å². The standard InChI is InChI=1S/C10H9F3O3/c11-10(12,13)9(15)7-5-2-1-4(3-5)6(7)8(14)16-9/h1-2,4-7,15H,3H2/t4-,5+,6-,7+,9+/m1/s1. The molecule has 2 bridgehead atoms. The fraction of sp³-hybridized carbons (Fsp3) is 0.700. The van der Waals surface area contributed by atoms with Gasteiger partial charge in [-0.1, -0.05) is 12.2 Å². The number of hydrogen-bond donors (Lipinski definition) is 1. The van der Waals surface area contributed by atoms with E-state index < -0.39 is 35.7 Å². The summed E-state index contributed by atoms with van der Waals surface area (Å²) in [5.74, 6) is -6.84. The highest BCUT2D eigenvalue weighted by molar-refractivity contribution is 5.78. The van der Waals surface area contributed by atoms with Gasteiger partial charge < -0.3 is 9.84 Å². The Morgan fingerprint density at radius 3 is 2.62 bits per heavy atom. The molecule has 0 radical (unpaired) electrons. The minimum absolute atomic E-state index is 0.209. The molecule has 1 aliphatic heterocycles. The predicted molar refractivity (Wildman–Crippen MR) is 44.8 cm³/mol. The number of esters is 1. The van der Waals surface area contributed by atoms with Gasteiger partial charge in [0.15, 0.2) is 0 Å². The molecular weight excluding hydrogens is 225 g/mol. The van der Waals surface area contributed by atoms with Crippen molar-refractivity contribution in [1.82, 2.24) is 0 Å². The fourth-order valence-electron chi connectivity index (χ4n) is 3.21. The molecule has 2 aliphatic carbocycles. The maximum Gasteiger partial charge on any atom is 0.455 e. The quantitative estimate of drug-likeness (QED) is 0.506. The van der Waals surface area contributed by atoms with Crippen LogP contribution >= 0.6 is 0 Å². The van der Waals surface area contributed by atoms with Crippen molar-refractivity contribution >= 4 is 5.97 Å². The van der Waals surface area contributed by atoms with Gasteiger partial charge in [0.2, 0.25) is 0 Å². The van der Waals surface area contributed by atoms with Gasteiger partial charge in [0, 0.05) is 0 Å². The zero-order chi connectivity index (χ0) is 11.7. The predicted octanol–water partition coefficient (Wildman–Crippen LogP) is 1.23. The Morgan fingerprint density at radius 2 is 2.00 bits per heavy atom. The Balaban J connectivity index is 2.06. The van der Waals surface area contributed by atoms with Crippen molar-refractivity contribution in [2.75, 3.05) is 0 Å². The molecule has 0 spiro atoms. The summed E-state index contributed by atoms with van der Waals surface area (Å²) in [7, 11) is 0. The first kappa shape index (κ1) is 10.1. The van der Waals surface area contributed by atoms with E-state index in [2.05, 4.69) is 4.74 Å². The highest BCUT2D eigenvalue weighted by atomic mass is 19.4. The number of allylic oxidation sites excluding steroid dienone is 2. The lowest BCUT2D eigenvalue weighted by atomic mass is 9.80. The molecular formula is C10H9F3O3. The highest BCUT2D eigenvalue weighted by Gasteiger charge is 2.74. The Labute approximate surface area is 88.9 Å². The van der Waals surface area contributed by atoms with E-state index in [0.29, 0.717) is 6.42 Å². The van der Waals surface area contributed by atoms with E-state index in [-0.39, 0.29) is 5.92 Å². The second-order valence-electron chi connectivity index (χ2n) is 4.62. The van der Waals surface area contributed by atoms with Crippen molar-refractivity contribution in [3.63, 3.8) is 0 Å². The summed E-state index contributed by atoms with van der Waals surface area (Å²) in [5.41, 5.74) is 0. The van der Waals surface area contributed by atoms with Crippen molar-refractivity contribution in [3.8, 4) is 0 Å². The van der Waals surface area contributed by atoms with E-state index >= 15 is 0 Å². The fourth-order valence-corrected chi connectivity index (χ4v) is 3.21. The molecule has 0 aromatic rings. The lowest BCUT2D eigenvalue weighted by molar-refractivity contribution is -0.359. The van der Waals surface area contributed by atoms with Crippen molar-refractivity contribution in [1.29, 1.82) is 0 Å². The zero-order valence-electron chi connectivity index (χ0n) is 8.07. The Hall–Kier alpha value is -1.04. The summed E-state index contributed by atoms with van der Waals surface area (Å²) in [4.78, 5) is 11.4. The van der Waals surface area contributed by atoms with Gasteiger partial charge >= 0.3 is 17.9 Å². The third kappa shape index (κ3) is 0.959. The molecule has 0 aromatic heterocycles. The number of fused-ring (bicyclic) bond motifs is 5. The summed E-state index contributed by atoms with van der Waals surface area (Å²) < 4.78 is 42.4. The SMILES string of the molecule is O=C1O[C@](O)(C(F)(F)F)[C@@H]2[C@H]1[C@@H]1C=C[C@H]2C1. The molecule has 3 rings (SSSR count). The number of alkyl halides is 3. The third-order valence-corrected chi connectivity index (χ3v) is 3.85. The largest absolute Gasteiger partial charge is 0.455 e. The van der Waals surface area contributed by atoms with E-state index in [0.717, 1.165) is 0 Å². The molecule has 2 fully saturated rings. The zero-order valence-corrected chi connectivity index (χ0v) is 8.07. The van der Waals surface area contributed by atoms with Gasteiger partial charge in [-0.3, -0.25) is 4.79 Å². The Kier molecular flexibility index (Phi) is 1.65. The molecule has 0 amide bonds. The maximum absolute atomic E-state index is 12.7. The van der Waals surface area contributed by atoms with E-state index in [9.17, 15) is 23.1 Å². The average Bonchev–Trinajstić information content (AvgIpc) is 2.77. The van der Waals surface area contributed by atoms with E-state index in [4.69, 9.17) is 0 Å². The van der Waals surface area contributed by atoms with Crippen LogP contribution in [0.2, 0.25) is 0 Å². The van der Waals surface area contributed by atoms with Crippen LogP contribution in [0.4, 0.5) is 13.2 Å². The molecule has 1 saturated carbocycles. The molecule has 1 saturated heterocycles. The molecule has 0 aromatic carbocycles. The van der Waals surface area contributed by atoms with Crippen molar-refractivity contribution in [2.24, 2.45) is 23.7 Å². The van der Waals surface area contributed by atoms with Gasteiger partial charge in [0.05, 0.1) is 11.8 Å². The number of aliphatic hydroxyl groups is 1. The van der Waals surface area contributed by atoms with Gasteiger partial charge in [0.1, 0.15) is 0 Å². The average molecular weight is 234 g/mol. The van der Waals surface area contributed by atoms with Crippen LogP contribution in [-0.4, -0.2) is 23.0 Å². The van der Waals surface area contributed by atoms with Gasteiger partial charge in [-0.05, 0) is 18.3 Å². The first-order chi connectivity index (χ1) is 7.34. The maximum atomic E-state index is 12.7. The Morgan fingerprint density at radius 1 is 1.38 bits per heavy atom. The second kappa shape index (κ2) is 2.61. The number of cyclic esters (lactones) is 1. The second-order valence-corrected chi connectivity index (χ2v) is 4.62. The summed E-state index contributed by atoms with van der Waals surface area (Å²) >= 11 is 0. The molecule has 6 heteroatoms. The van der Waals surface area contributed by atoms with Crippen LogP contribution in [0.1, 0.15) is 6.42 Å². The molecule has 0 unspecified atom stereocenters. The van der Waals surface area contributed by atoms with Gasteiger partial charge in [-0.25, -0.2) is 0 Å². The first-order valence-corrected chi connectivity index (χ1v) is 5.05. The molecule has 16 heavy (non-hydrogen) atoms. The summed E-state index contributed by atoms with van der Waals surface area (Å²) in [6.45, 7) is 0. The summed E-state index contributed by atoms with van der Waals surface area (Å²) in [5, 5.41) is 9.59. The van der Waals surface area contributed by atoms with Crippen LogP contribution in [0.15, 0.2) is 12.2 Å². The van der Waals surface area contributed by atoms with Crippen LogP contribution in [-0.2, 0) is 9.53 Å². The van der Waals surface area contributed by atoms with Gasteiger partial charge in [-0.2, -0.15) is 13.2 Å². The Bertz CT molecular complexity index is 389. The number of rotatable bonds is 0. The molecule has 5 atom stereocenters.